The molecule has 0 amide bonds. The Balaban J connectivity index is 3.21. The lowest BCUT2D eigenvalue weighted by Gasteiger charge is -2.07. The Morgan fingerprint density at radius 3 is 2.54 bits per heavy atom. The van der Waals surface area contributed by atoms with Crippen molar-refractivity contribution < 1.29 is 13.2 Å². The number of alkyl halides is 3. The van der Waals surface area contributed by atoms with Crippen molar-refractivity contribution >= 4 is 11.8 Å². The van der Waals surface area contributed by atoms with E-state index in [-0.39, 0.29) is 11.3 Å². The van der Waals surface area contributed by atoms with Gasteiger partial charge in [-0.15, -0.1) is 0 Å². The molecule has 0 unspecified atom stereocenters. The highest BCUT2D eigenvalue weighted by atomic mass is 19.4. The van der Waals surface area contributed by atoms with Gasteiger partial charge in [-0.25, -0.2) is 4.98 Å². The van der Waals surface area contributed by atoms with Gasteiger partial charge in [0.15, 0.2) is 0 Å². The van der Waals surface area contributed by atoms with Crippen LogP contribution in [0.5, 0.6) is 0 Å². The molecule has 1 aromatic rings. The van der Waals surface area contributed by atoms with Gasteiger partial charge in [0, 0.05) is 5.56 Å². The number of hydrogen-bond acceptors (Lipinski definition) is 2. The number of aromatic nitrogens is 1. The van der Waals surface area contributed by atoms with Crippen LogP contribution in [-0.4, -0.2) is 4.98 Å². The van der Waals surface area contributed by atoms with E-state index in [0.717, 1.165) is 12.3 Å². The van der Waals surface area contributed by atoms with Gasteiger partial charge in [-0.2, -0.15) is 13.2 Å². The molecular weight excluding hydrogens is 181 g/mol. The van der Waals surface area contributed by atoms with E-state index in [1.807, 2.05) is 0 Å². The first-order valence-electron chi connectivity index (χ1n) is 3.40. The SMILES string of the molecule is C=Cc1cc(C(F)(F)F)ncc1N. The van der Waals surface area contributed by atoms with Gasteiger partial charge in [0.05, 0.1) is 11.9 Å². The first-order valence-corrected chi connectivity index (χ1v) is 3.40. The quantitative estimate of drug-likeness (QED) is 0.734. The molecule has 0 saturated heterocycles. The zero-order chi connectivity index (χ0) is 10.1. The Kier molecular flexibility index (Phi) is 2.27. The molecule has 0 atom stereocenters. The van der Waals surface area contributed by atoms with E-state index in [2.05, 4.69) is 11.6 Å². The van der Waals surface area contributed by atoms with E-state index in [1.54, 1.807) is 0 Å². The van der Waals surface area contributed by atoms with Crippen LogP contribution in [0, 0.1) is 0 Å². The van der Waals surface area contributed by atoms with Crippen LogP contribution < -0.4 is 5.73 Å². The maximum Gasteiger partial charge on any atom is 0.433 e. The van der Waals surface area contributed by atoms with Gasteiger partial charge in [0.1, 0.15) is 5.69 Å². The van der Waals surface area contributed by atoms with Crippen LogP contribution in [0.1, 0.15) is 11.3 Å². The smallest absolute Gasteiger partial charge is 0.397 e. The fourth-order valence-electron chi connectivity index (χ4n) is 0.813. The van der Waals surface area contributed by atoms with Crippen molar-refractivity contribution in [1.29, 1.82) is 0 Å². The summed E-state index contributed by atoms with van der Waals surface area (Å²) in [6.07, 6.45) is -2.21. The largest absolute Gasteiger partial charge is 0.433 e. The number of halogens is 3. The van der Waals surface area contributed by atoms with Crippen molar-refractivity contribution in [2.45, 2.75) is 6.18 Å². The lowest BCUT2D eigenvalue weighted by molar-refractivity contribution is -0.141. The summed E-state index contributed by atoms with van der Waals surface area (Å²) in [5.41, 5.74) is 4.80. The maximum absolute atomic E-state index is 12.1. The van der Waals surface area contributed by atoms with E-state index in [4.69, 9.17) is 5.73 Å². The van der Waals surface area contributed by atoms with E-state index in [9.17, 15) is 13.2 Å². The Bertz CT molecular complexity index is 331. The fourth-order valence-corrected chi connectivity index (χ4v) is 0.813. The molecule has 13 heavy (non-hydrogen) atoms. The Morgan fingerprint density at radius 2 is 2.08 bits per heavy atom. The number of nitrogen functional groups attached to an aromatic ring is 1. The third-order valence-corrected chi connectivity index (χ3v) is 1.48. The first-order chi connectivity index (χ1) is 5.95. The minimum absolute atomic E-state index is 0.183. The molecule has 0 aliphatic rings. The molecule has 0 aromatic carbocycles. The molecule has 0 radical (unpaired) electrons. The normalized spacial score (nSPS) is 11.3. The molecule has 2 N–H and O–H groups in total. The van der Waals surface area contributed by atoms with Crippen molar-refractivity contribution in [3.63, 3.8) is 0 Å². The van der Waals surface area contributed by atoms with Crippen LogP contribution in [0.3, 0.4) is 0 Å². The van der Waals surface area contributed by atoms with Crippen molar-refractivity contribution in [3.05, 3.63) is 30.1 Å². The minimum atomic E-state index is -4.44. The highest BCUT2D eigenvalue weighted by molar-refractivity contribution is 5.62. The molecule has 0 bridgehead atoms. The molecule has 70 valence electrons. The summed E-state index contributed by atoms with van der Waals surface area (Å²) in [7, 11) is 0. The fraction of sp³-hybridized carbons (Fsp3) is 0.125. The van der Waals surface area contributed by atoms with Gasteiger partial charge < -0.3 is 5.73 Å². The number of nitrogens with two attached hydrogens (primary N) is 1. The van der Waals surface area contributed by atoms with Crippen LogP contribution in [-0.2, 0) is 6.18 Å². The third kappa shape index (κ3) is 1.99. The minimum Gasteiger partial charge on any atom is -0.397 e. The summed E-state index contributed by atoms with van der Waals surface area (Å²) >= 11 is 0. The number of pyridine rings is 1. The van der Waals surface area contributed by atoms with Gasteiger partial charge >= 0.3 is 6.18 Å². The monoisotopic (exact) mass is 188 g/mol. The molecule has 0 aliphatic heterocycles. The molecule has 1 rings (SSSR count). The average Bonchev–Trinajstić information content (AvgIpc) is 2.03. The molecule has 1 heterocycles. The van der Waals surface area contributed by atoms with Crippen molar-refractivity contribution in [2.24, 2.45) is 0 Å². The van der Waals surface area contributed by atoms with E-state index < -0.39 is 11.9 Å². The second kappa shape index (κ2) is 3.08. The van der Waals surface area contributed by atoms with Crippen molar-refractivity contribution in [1.82, 2.24) is 4.98 Å². The second-order valence-corrected chi connectivity index (χ2v) is 2.40. The number of anilines is 1. The number of hydrogen-bond donors (Lipinski definition) is 1. The van der Waals surface area contributed by atoms with Gasteiger partial charge in [0.2, 0.25) is 0 Å². The summed E-state index contributed by atoms with van der Waals surface area (Å²) < 4.78 is 36.3. The van der Waals surface area contributed by atoms with Gasteiger partial charge in [-0.1, -0.05) is 12.7 Å². The second-order valence-electron chi connectivity index (χ2n) is 2.40. The van der Waals surface area contributed by atoms with Crippen molar-refractivity contribution in [2.75, 3.05) is 5.73 Å². The van der Waals surface area contributed by atoms with Crippen LogP contribution in [0.25, 0.3) is 6.08 Å². The maximum atomic E-state index is 12.1. The van der Waals surface area contributed by atoms with E-state index >= 15 is 0 Å². The summed E-state index contributed by atoms with van der Waals surface area (Å²) in [6, 6.07) is 0.863. The molecule has 0 fully saturated rings. The third-order valence-electron chi connectivity index (χ3n) is 1.48. The molecule has 1 aromatic heterocycles. The summed E-state index contributed by atoms with van der Waals surface area (Å²) in [5, 5.41) is 0. The van der Waals surface area contributed by atoms with E-state index in [0.29, 0.717) is 0 Å². The zero-order valence-corrected chi connectivity index (χ0v) is 6.60. The van der Waals surface area contributed by atoms with Gasteiger partial charge in [-0.05, 0) is 6.07 Å². The standard InChI is InChI=1S/C8H7F3N2/c1-2-5-3-7(8(9,10)11)13-4-6(5)12/h2-4H,1,12H2. The number of nitrogens with zero attached hydrogens (tertiary/aromatic N) is 1. The van der Waals surface area contributed by atoms with Crippen molar-refractivity contribution in [3.8, 4) is 0 Å². The molecule has 0 spiro atoms. The Hall–Kier alpha value is -1.52. The molecule has 2 nitrogen and oxygen atoms in total. The summed E-state index contributed by atoms with van der Waals surface area (Å²) in [6.45, 7) is 3.34. The van der Waals surface area contributed by atoms with E-state index in [1.165, 1.54) is 6.08 Å². The Morgan fingerprint density at radius 1 is 1.46 bits per heavy atom. The highest BCUT2D eigenvalue weighted by Gasteiger charge is 2.32. The molecule has 0 saturated carbocycles. The number of rotatable bonds is 1. The zero-order valence-electron chi connectivity index (χ0n) is 6.60. The van der Waals surface area contributed by atoms with Gasteiger partial charge in [0.25, 0.3) is 0 Å². The summed E-state index contributed by atoms with van der Waals surface area (Å²) in [4.78, 5) is 3.16. The predicted octanol–water partition coefficient (Wildman–Crippen LogP) is 2.33. The molecular formula is C8H7F3N2. The first kappa shape index (κ1) is 9.57. The van der Waals surface area contributed by atoms with Gasteiger partial charge in [-0.3, -0.25) is 0 Å². The highest BCUT2D eigenvalue weighted by Crippen LogP contribution is 2.29. The lowest BCUT2D eigenvalue weighted by Crippen LogP contribution is -2.08. The van der Waals surface area contributed by atoms with Crippen LogP contribution in [0.4, 0.5) is 18.9 Å². The van der Waals surface area contributed by atoms with Crippen LogP contribution in [0.15, 0.2) is 18.8 Å². The summed E-state index contributed by atoms with van der Waals surface area (Å²) in [5.74, 6) is 0. The lowest BCUT2D eigenvalue weighted by atomic mass is 10.2. The molecule has 5 heteroatoms. The average molecular weight is 188 g/mol. The van der Waals surface area contributed by atoms with Crippen LogP contribution >= 0.6 is 0 Å². The topological polar surface area (TPSA) is 38.9 Å². The predicted molar refractivity (Wildman–Crippen MR) is 43.7 cm³/mol. The Labute approximate surface area is 72.9 Å². The van der Waals surface area contributed by atoms with Crippen LogP contribution in [0.2, 0.25) is 0 Å². The molecule has 0 aliphatic carbocycles.